The second-order valence-corrected chi connectivity index (χ2v) is 4.44. The average Bonchev–Trinajstić information content (AvgIpc) is 2.05. The van der Waals surface area contributed by atoms with Crippen molar-refractivity contribution in [1.82, 2.24) is 0 Å². The topological polar surface area (TPSA) is 26.0 Å². The van der Waals surface area contributed by atoms with Crippen molar-refractivity contribution in [3.8, 4) is 0 Å². The Morgan fingerprint density at radius 2 is 1.83 bits per heavy atom. The number of alkyl halides is 1. The lowest BCUT2D eigenvalue weighted by atomic mass is 9.75. The third-order valence-corrected chi connectivity index (χ3v) is 3.27. The van der Waals surface area contributed by atoms with Crippen LogP contribution in [0.4, 0.5) is 4.39 Å². The molecule has 0 radical (unpaired) electrons. The molecule has 0 aliphatic heterocycles. The number of hydrogen-bond acceptors (Lipinski definition) is 1. The minimum absolute atomic E-state index is 0.173. The Bertz CT molecular complexity index is 137. The molecule has 0 aromatic heterocycles. The molecule has 1 atom stereocenters. The molecular weight excluding hydrogens is 153 g/mol. The van der Waals surface area contributed by atoms with E-state index in [0.717, 1.165) is 18.8 Å². The Labute approximate surface area is 74.5 Å². The summed E-state index contributed by atoms with van der Waals surface area (Å²) >= 11 is 0. The van der Waals surface area contributed by atoms with Crippen molar-refractivity contribution in [2.75, 3.05) is 6.54 Å². The van der Waals surface area contributed by atoms with Gasteiger partial charge in [-0.3, -0.25) is 0 Å². The van der Waals surface area contributed by atoms with Crippen LogP contribution in [-0.4, -0.2) is 12.2 Å². The average molecular weight is 173 g/mol. The summed E-state index contributed by atoms with van der Waals surface area (Å²) < 4.78 is 13.7. The van der Waals surface area contributed by atoms with Gasteiger partial charge in [0.1, 0.15) is 5.67 Å². The molecule has 0 spiro atoms. The smallest absolute Gasteiger partial charge is 0.123 e. The van der Waals surface area contributed by atoms with Crippen LogP contribution in [0.2, 0.25) is 0 Å². The van der Waals surface area contributed by atoms with Gasteiger partial charge in [0.2, 0.25) is 0 Å². The predicted octanol–water partition coefficient (Wildman–Crippen LogP) is 2.50. The lowest BCUT2D eigenvalue weighted by Crippen LogP contribution is -2.39. The molecule has 1 unspecified atom stereocenters. The van der Waals surface area contributed by atoms with Crippen molar-refractivity contribution in [2.45, 2.75) is 45.2 Å². The van der Waals surface area contributed by atoms with E-state index in [4.69, 9.17) is 5.73 Å². The van der Waals surface area contributed by atoms with Crippen LogP contribution in [0.3, 0.4) is 0 Å². The fourth-order valence-corrected chi connectivity index (χ4v) is 2.03. The highest BCUT2D eigenvalue weighted by atomic mass is 19.1. The van der Waals surface area contributed by atoms with E-state index in [1.54, 1.807) is 6.92 Å². The second-order valence-electron chi connectivity index (χ2n) is 4.44. The SMILES string of the molecule is CC1CCC(C(C)(F)CN)CC1. The zero-order valence-electron chi connectivity index (χ0n) is 8.15. The van der Waals surface area contributed by atoms with E-state index in [1.165, 1.54) is 12.8 Å². The van der Waals surface area contributed by atoms with Gasteiger partial charge < -0.3 is 5.73 Å². The first-order chi connectivity index (χ1) is 5.56. The molecule has 12 heavy (non-hydrogen) atoms. The summed E-state index contributed by atoms with van der Waals surface area (Å²) in [5.74, 6) is 0.994. The summed E-state index contributed by atoms with van der Waals surface area (Å²) in [5.41, 5.74) is 4.27. The molecule has 1 rings (SSSR count). The van der Waals surface area contributed by atoms with E-state index in [1.807, 2.05) is 0 Å². The molecule has 0 saturated heterocycles. The first-order valence-corrected chi connectivity index (χ1v) is 4.95. The summed E-state index contributed by atoms with van der Waals surface area (Å²) in [5, 5.41) is 0. The molecule has 1 aliphatic carbocycles. The maximum Gasteiger partial charge on any atom is 0.123 e. The van der Waals surface area contributed by atoms with Crippen molar-refractivity contribution >= 4 is 0 Å². The Kier molecular flexibility index (Phi) is 3.10. The molecule has 0 aromatic rings. The van der Waals surface area contributed by atoms with Crippen LogP contribution in [0.1, 0.15) is 39.5 Å². The molecule has 1 saturated carbocycles. The van der Waals surface area contributed by atoms with Crippen molar-refractivity contribution in [3.05, 3.63) is 0 Å². The second kappa shape index (κ2) is 3.73. The van der Waals surface area contributed by atoms with E-state index in [2.05, 4.69) is 6.92 Å². The third-order valence-electron chi connectivity index (χ3n) is 3.27. The minimum Gasteiger partial charge on any atom is -0.328 e. The fraction of sp³-hybridized carbons (Fsp3) is 1.00. The highest BCUT2D eigenvalue weighted by molar-refractivity contribution is 4.86. The first kappa shape index (κ1) is 9.97. The van der Waals surface area contributed by atoms with E-state index >= 15 is 0 Å². The largest absolute Gasteiger partial charge is 0.328 e. The Hall–Kier alpha value is -0.110. The van der Waals surface area contributed by atoms with Gasteiger partial charge >= 0.3 is 0 Å². The van der Waals surface area contributed by atoms with Gasteiger partial charge in [0.25, 0.3) is 0 Å². The molecule has 1 nitrogen and oxygen atoms in total. The van der Waals surface area contributed by atoms with E-state index in [-0.39, 0.29) is 12.5 Å². The maximum absolute atomic E-state index is 13.7. The maximum atomic E-state index is 13.7. The summed E-state index contributed by atoms with van der Waals surface area (Å²) in [7, 11) is 0. The van der Waals surface area contributed by atoms with Crippen LogP contribution in [0.25, 0.3) is 0 Å². The lowest BCUT2D eigenvalue weighted by Gasteiger charge is -2.34. The summed E-state index contributed by atoms with van der Waals surface area (Å²) in [6.45, 7) is 4.06. The summed E-state index contributed by atoms with van der Waals surface area (Å²) in [6, 6.07) is 0. The standard InChI is InChI=1S/C10H20FN/c1-8-3-5-9(6-4-8)10(2,11)7-12/h8-9H,3-7,12H2,1-2H3. The van der Waals surface area contributed by atoms with Gasteiger partial charge in [0, 0.05) is 6.54 Å². The van der Waals surface area contributed by atoms with Crippen LogP contribution < -0.4 is 5.73 Å². The zero-order chi connectivity index (χ0) is 9.19. The molecule has 0 amide bonds. The van der Waals surface area contributed by atoms with Crippen LogP contribution in [0.15, 0.2) is 0 Å². The van der Waals surface area contributed by atoms with Crippen LogP contribution in [0.5, 0.6) is 0 Å². The van der Waals surface area contributed by atoms with Crippen LogP contribution >= 0.6 is 0 Å². The van der Waals surface area contributed by atoms with Crippen molar-refractivity contribution in [2.24, 2.45) is 17.6 Å². The van der Waals surface area contributed by atoms with Gasteiger partial charge in [-0.1, -0.05) is 19.8 Å². The van der Waals surface area contributed by atoms with Gasteiger partial charge in [-0.25, -0.2) is 4.39 Å². The molecular formula is C10H20FN. The molecule has 0 aromatic carbocycles. The Balaban J connectivity index is 2.44. The molecule has 1 aliphatic rings. The van der Waals surface area contributed by atoms with Crippen molar-refractivity contribution < 1.29 is 4.39 Å². The van der Waals surface area contributed by atoms with Crippen molar-refractivity contribution in [3.63, 3.8) is 0 Å². The first-order valence-electron chi connectivity index (χ1n) is 4.95. The van der Waals surface area contributed by atoms with Crippen molar-refractivity contribution in [1.29, 1.82) is 0 Å². The zero-order valence-corrected chi connectivity index (χ0v) is 8.15. The highest BCUT2D eigenvalue weighted by Gasteiger charge is 2.34. The fourth-order valence-electron chi connectivity index (χ4n) is 2.03. The van der Waals surface area contributed by atoms with E-state index in [9.17, 15) is 4.39 Å². The molecule has 2 heteroatoms. The lowest BCUT2D eigenvalue weighted by molar-refractivity contribution is 0.0729. The van der Waals surface area contributed by atoms with E-state index < -0.39 is 5.67 Å². The molecule has 72 valence electrons. The van der Waals surface area contributed by atoms with Gasteiger partial charge in [0.05, 0.1) is 0 Å². The van der Waals surface area contributed by atoms with Gasteiger partial charge in [-0.2, -0.15) is 0 Å². The Morgan fingerprint density at radius 3 is 2.25 bits per heavy atom. The monoisotopic (exact) mass is 173 g/mol. The molecule has 0 bridgehead atoms. The normalized spacial score (nSPS) is 36.0. The molecule has 2 N–H and O–H groups in total. The third kappa shape index (κ3) is 2.19. The summed E-state index contributed by atoms with van der Waals surface area (Å²) in [4.78, 5) is 0. The highest BCUT2D eigenvalue weighted by Crippen LogP contribution is 2.36. The van der Waals surface area contributed by atoms with Gasteiger partial charge in [0.15, 0.2) is 0 Å². The van der Waals surface area contributed by atoms with Gasteiger partial charge in [-0.05, 0) is 31.6 Å². The van der Waals surface area contributed by atoms with E-state index in [0.29, 0.717) is 0 Å². The number of rotatable bonds is 2. The number of halogens is 1. The summed E-state index contributed by atoms with van der Waals surface area (Å²) in [6.07, 6.45) is 4.38. The Morgan fingerprint density at radius 1 is 1.33 bits per heavy atom. The predicted molar refractivity (Wildman–Crippen MR) is 49.7 cm³/mol. The number of nitrogens with two attached hydrogens (primary N) is 1. The quantitative estimate of drug-likeness (QED) is 0.682. The van der Waals surface area contributed by atoms with Gasteiger partial charge in [-0.15, -0.1) is 0 Å². The molecule has 0 heterocycles. The molecule has 1 fully saturated rings. The van der Waals surface area contributed by atoms with Crippen LogP contribution in [-0.2, 0) is 0 Å². The van der Waals surface area contributed by atoms with Crippen LogP contribution in [0, 0.1) is 11.8 Å². The minimum atomic E-state index is -1.12. The number of hydrogen-bond donors (Lipinski definition) is 1.